The second-order valence-electron chi connectivity index (χ2n) is 9.89. The van der Waals surface area contributed by atoms with Gasteiger partial charge in [0.2, 0.25) is 5.91 Å². The van der Waals surface area contributed by atoms with E-state index in [-0.39, 0.29) is 16.9 Å². The number of hydrogen-bond donors (Lipinski definition) is 1. The van der Waals surface area contributed by atoms with Gasteiger partial charge in [-0.25, -0.2) is 0 Å². The number of carbonyl (C=O) groups excluding carboxylic acids is 1. The van der Waals surface area contributed by atoms with E-state index >= 15 is 0 Å². The first-order valence-electron chi connectivity index (χ1n) is 9.92. The van der Waals surface area contributed by atoms with Gasteiger partial charge in [0.1, 0.15) is 0 Å². The van der Waals surface area contributed by atoms with Crippen LogP contribution in [0.3, 0.4) is 0 Å². The second kappa shape index (κ2) is 6.00. The van der Waals surface area contributed by atoms with Crippen molar-refractivity contribution in [3.63, 3.8) is 0 Å². The Morgan fingerprint density at radius 2 is 1.52 bits per heavy atom. The normalized spacial score (nSPS) is 33.8. The second-order valence-corrected chi connectivity index (χ2v) is 9.89. The smallest absolute Gasteiger partial charge is 0.244 e. The number of hydrogen-bond acceptors (Lipinski definition) is 1. The van der Waals surface area contributed by atoms with Gasteiger partial charge >= 0.3 is 0 Å². The predicted molar refractivity (Wildman–Crippen MR) is 103 cm³/mol. The van der Waals surface area contributed by atoms with Crippen molar-refractivity contribution >= 4 is 12.0 Å². The highest BCUT2D eigenvalue weighted by molar-refractivity contribution is 5.92. The molecule has 0 aromatic heterocycles. The lowest BCUT2D eigenvalue weighted by Crippen LogP contribution is -2.59. The minimum absolute atomic E-state index is 0.0850. The highest BCUT2D eigenvalue weighted by atomic mass is 16.1. The molecule has 4 saturated carbocycles. The zero-order valence-corrected chi connectivity index (χ0v) is 15.8. The summed E-state index contributed by atoms with van der Waals surface area (Å²) < 4.78 is 0. The molecule has 0 radical (unpaired) electrons. The van der Waals surface area contributed by atoms with Crippen LogP contribution in [-0.2, 0) is 10.2 Å². The zero-order valence-electron chi connectivity index (χ0n) is 15.8. The molecule has 1 aromatic rings. The molecule has 2 nitrogen and oxygen atoms in total. The maximum Gasteiger partial charge on any atom is 0.244 e. The molecule has 0 spiro atoms. The fraction of sp³-hybridized carbons (Fsp3) is 0.609. The zero-order chi connectivity index (χ0) is 17.7. The first-order valence-corrected chi connectivity index (χ1v) is 9.92. The van der Waals surface area contributed by atoms with E-state index in [1.165, 1.54) is 44.1 Å². The Labute approximate surface area is 152 Å². The number of amides is 1. The molecule has 0 atom stereocenters. The standard InChI is InChI=1S/C23H31NO/c1-22(2,3)20-7-4-16(5-8-20)6-9-21(25)24-23-13-17-10-18(14-23)12-19(11-17)15-23/h4-9,17-19H,10-15H2,1-3H3,(H,24,25)/b9-6+. The summed E-state index contributed by atoms with van der Waals surface area (Å²) in [5.41, 5.74) is 2.68. The monoisotopic (exact) mass is 337 g/mol. The van der Waals surface area contributed by atoms with Crippen LogP contribution in [0.2, 0.25) is 0 Å². The Balaban J connectivity index is 1.40. The van der Waals surface area contributed by atoms with Crippen LogP contribution < -0.4 is 5.32 Å². The van der Waals surface area contributed by atoms with Crippen molar-refractivity contribution < 1.29 is 4.79 Å². The summed E-state index contributed by atoms with van der Waals surface area (Å²) in [5, 5.41) is 3.40. The van der Waals surface area contributed by atoms with Crippen molar-refractivity contribution in [1.82, 2.24) is 5.32 Å². The molecule has 134 valence electrons. The van der Waals surface area contributed by atoms with Crippen molar-refractivity contribution in [2.45, 2.75) is 70.3 Å². The Bertz CT molecular complexity index is 642. The van der Waals surface area contributed by atoms with E-state index in [0.717, 1.165) is 23.3 Å². The molecule has 1 aromatic carbocycles. The summed E-state index contributed by atoms with van der Waals surface area (Å²) in [7, 11) is 0. The third-order valence-corrected chi connectivity index (χ3v) is 6.63. The third-order valence-electron chi connectivity index (χ3n) is 6.63. The van der Waals surface area contributed by atoms with Crippen LogP contribution in [0.15, 0.2) is 30.3 Å². The Hall–Kier alpha value is -1.57. The maximum atomic E-state index is 12.5. The summed E-state index contributed by atoms with van der Waals surface area (Å²) in [6, 6.07) is 8.54. The highest BCUT2D eigenvalue weighted by Crippen LogP contribution is 2.55. The minimum atomic E-state index is 0.0850. The topological polar surface area (TPSA) is 29.1 Å². The maximum absolute atomic E-state index is 12.5. The van der Waals surface area contributed by atoms with Gasteiger partial charge in [-0.05, 0) is 78.9 Å². The summed E-state index contributed by atoms with van der Waals surface area (Å²) in [6.45, 7) is 6.66. The average molecular weight is 338 g/mol. The predicted octanol–water partition coefficient (Wildman–Crippen LogP) is 5.08. The van der Waals surface area contributed by atoms with Gasteiger partial charge in [-0.15, -0.1) is 0 Å². The summed E-state index contributed by atoms with van der Waals surface area (Å²) in [6.07, 6.45) is 11.5. The van der Waals surface area contributed by atoms with Crippen LogP contribution >= 0.6 is 0 Å². The Morgan fingerprint density at radius 3 is 2.00 bits per heavy atom. The molecule has 25 heavy (non-hydrogen) atoms. The molecule has 4 bridgehead atoms. The molecule has 5 rings (SSSR count). The molecule has 0 heterocycles. The lowest BCUT2D eigenvalue weighted by molar-refractivity contribution is -0.122. The van der Waals surface area contributed by atoms with Gasteiger partial charge in [0.15, 0.2) is 0 Å². The molecule has 2 heteroatoms. The average Bonchev–Trinajstić information content (AvgIpc) is 2.50. The Morgan fingerprint density at radius 1 is 1.00 bits per heavy atom. The molecule has 4 aliphatic rings. The first kappa shape index (κ1) is 16.9. The van der Waals surface area contributed by atoms with E-state index in [4.69, 9.17) is 0 Å². The fourth-order valence-electron chi connectivity index (χ4n) is 5.83. The first-order chi connectivity index (χ1) is 11.8. The van der Waals surface area contributed by atoms with Gasteiger partial charge in [0.25, 0.3) is 0 Å². The van der Waals surface area contributed by atoms with Crippen LogP contribution in [0.5, 0.6) is 0 Å². The quantitative estimate of drug-likeness (QED) is 0.766. The molecule has 4 fully saturated rings. The van der Waals surface area contributed by atoms with E-state index in [2.05, 4.69) is 50.4 Å². The van der Waals surface area contributed by atoms with Crippen LogP contribution in [0, 0.1) is 17.8 Å². The van der Waals surface area contributed by atoms with E-state index in [1.54, 1.807) is 6.08 Å². The highest BCUT2D eigenvalue weighted by Gasteiger charge is 2.51. The van der Waals surface area contributed by atoms with Crippen molar-refractivity contribution in [1.29, 1.82) is 0 Å². The molecule has 0 aliphatic heterocycles. The molecule has 0 unspecified atom stereocenters. The van der Waals surface area contributed by atoms with Gasteiger partial charge in [-0.1, -0.05) is 45.0 Å². The van der Waals surface area contributed by atoms with E-state index < -0.39 is 0 Å². The van der Waals surface area contributed by atoms with Crippen molar-refractivity contribution in [2.75, 3.05) is 0 Å². The van der Waals surface area contributed by atoms with Crippen LogP contribution in [0.1, 0.15) is 70.4 Å². The molecule has 0 saturated heterocycles. The van der Waals surface area contributed by atoms with Gasteiger partial charge < -0.3 is 5.32 Å². The lowest BCUT2D eigenvalue weighted by Gasteiger charge is -2.56. The van der Waals surface area contributed by atoms with Gasteiger partial charge in [-0.2, -0.15) is 0 Å². The number of rotatable bonds is 3. The number of benzene rings is 1. The van der Waals surface area contributed by atoms with Gasteiger partial charge in [0, 0.05) is 11.6 Å². The molecule has 1 N–H and O–H groups in total. The van der Waals surface area contributed by atoms with Crippen molar-refractivity contribution in [3.05, 3.63) is 41.5 Å². The van der Waals surface area contributed by atoms with Crippen LogP contribution in [-0.4, -0.2) is 11.4 Å². The third kappa shape index (κ3) is 3.54. The largest absolute Gasteiger partial charge is 0.347 e. The van der Waals surface area contributed by atoms with Crippen LogP contribution in [0.4, 0.5) is 0 Å². The summed E-state index contributed by atoms with van der Waals surface area (Å²) in [5.74, 6) is 2.67. The molecular formula is C23H31NO. The summed E-state index contributed by atoms with van der Waals surface area (Å²) >= 11 is 0. The Kier molecular flexibility index (Phi) is 4.05. The van der Waals surface area contributed by atoms with Crippen LogP contribution in [0.25, 0.3) is 6.08 Å². The molecule has 1 amide bonds. The lowest BCUT2D eigenvalue weighted by atomic mass is 9.53. The van der Waals surface area contributed by atoms with E-state index in [0.29, 0.717) is 0 Å². The fourth-order valence-corrected chi connectivity index (χ4v) is 5.83. The van der Waals surface area contributed by atoms with Crippen molar-refractivity contribution in [2.24, 2.45) is 17.8 Å². The molecule has 4 aliphatic carbocycles. The summed E-state index contributed by atoms with van der Waals surface area (Å²) in [4.78, 5) is 12.5. The van der Waals surface area contributed by atoms with Gasteiger partial charge in [-0.3, -0.25) is 4.79 Å². The van der Waals surface area contributed by atoms with Crippen molar-refractivity contribution in [3.8, 4) is 0 Å². The van der Waals surface area contributed by atoms with E-state index in [9.17, 15) is 4.79 Å². The number of carbonyl (C=O) groups is 1. The molecular weight excluding hydrogens is 306 g/mol. The number of nitrogens with one attached hydrogen (secondary N) is 1. The van der Waals surface area contributed by atoms with E-state index in [1.807, 2.05) is 6.08 Å². The minimum Gasteiger partial charge on any atom is -0.347 e. The SMILES string of the molecule is CC(C)(C)c1ccc(/C=C/C(=O)NC23CC4CC(CC(C4)C2)C3)cc1. The van der Waals surface area contributed by atoms with Gasteiger partial charge in [0.05, 0.1) is 0 Å².